The van der Waals surface area contributed by atoms with Crippen LogP contribution < -0.4 is 5.32 Å². The fourth-order valence-corrected chi connectivity index (χ4v) is 5.60. The van der Waals surface area contributed by atoms with E-state index in [0.717, 1.165) is 22.9 Å². The lowest BCUT2D eigenvalue weighted by Crippen LogP contribution is -2.15. The van der Waals surface area contributed by atoms with Crippen molar-refractivity contribution in [2.24, 2.45) is 0 Å². The topological polar surface area (TPSA) is 90.6 Å². The summed E-state index contributed by atoms with van der Waals surface area (Å²) in [6.45, 7) is 2.58. The second kappa shape index (κ2) is 9.93. The zero-order valence-electron chi connectivity index (χ0n) is 19.6. The van der Waals surface area contributed by atoms with Crippen LogP contribution in [0.25, 0.3) is 11.2 Å². The Morgan fingerprint density at radius 1 is 1.03 bits per heavy atom. The Hall–Kier alpha value is -3.40. The number of hydrogen-bond acceptors (Lipinski definition) is 8. The quantitative estimate of drug-likeness (QED) is 0.267. The maximum absolute atomic E-state index is 6.38. The van der Waals surface area contributed by atoms with E-state index in [1.807, 2.05) is 23.6 Å². The lowest BCUT2D eigenvalue weighted by molar-refractivity contribution is 0.00280. The summed E-state index contributed by atoms with van der Waals surface area (Å²) < 4.78 is 8.25. The number of nitrogens with one attached hydrogen (secondary N) is 1. The van der Waals surface area contributed by atoms with Crippen LogP contribution in [-0.2, 0) is 4.74 Å². The Bertz CT molecular complexity index is 1430. The van der Waals surface area contributed by atoms with Gasteiger partial charge in [-0.3, -0.25) is 4.57 Å². The van der Waals surface area contributed by atoms with E-state index >= 15 is 0 Å². The van der Waals surface area contributed by atoms with Crippen LogP contribution in [-0.4, -0.2) is 36.3 Å². The largest absolute Gasteiger partial charge is 0.367 e. The zero-order chi connectivity index (χ0) is 24.5. The second-order valence-electron chi connectivity index (χ2n) is 8.74. The molecule has 10 heteroatoms. The molecule has 1 N–H and O–H groups in total. The third kappa shape index (κ3) is 4.57. The van der Waals surface area contributed by atoms with Crippen LogP contribution >= 0.6 is 22.9 Å². The highest BCUT2D eigenvalue weighted by atomic mass is 35.5. The predicted molar refractivity (Wildman–Crippen MR) is 140 cm³/mol. The number of hydrogen-bond donors (Lipinski definition) is 1. The molecular weight excluding hydrogens is 494 g/mol. The van der Waals surface area contributed by atoms with E-state index in [4.69, 9.17) is 16.3 Å². The average Bonchev–Trinajstić information content (AvgIpc) is 3.65. The molecule has 1 saturated heterocycles. The van der Waals surface area contributed by atoms with Gasteiger partial charge in [0, 0.05) is 12.5 Å². The highest BCUT2D eigenvalue weighted by molar-refractivity contribution is 7.11. The van der Waals surface area contributed by atoms with Crippen LogP contribution in [0, 0.1) is 6.92 Å². The molecule has 0 saturated carbocycles. The van der Waals surface area contributed by atoms with Gasteiger partial charge in [-0.1, -0.05) is 72.0 Å². The van der Waals surface area contributed by atoms with Gasteiger partial charge in [0.1, 0.15) is 22.3 Å². The third-order valence-corrected chi connectivity index (χ3v) is 7.50. The zero-order valence-corrected chi connectivity index (χ0v) is 21.2. The lowest BCUT2D eigenvalue weighted by atomic mass is 9.91. The first-order valence-electron chi connectivity index (χ1n) is 11.8. The first-order chi connectivity index (χ1) is 17.7. The minimum Gasteiger partial charge on any atom is -0.367 e. The number of fused-ring (bicyclic) bond motifs is 1. The van der Waals surface area contributed by atoms with Gasteiger partial charge in [0.05, 0.1) is 6.33 Å². The molecule has 2 aromatic carbocycles. The molecule has 3 aromatic heterocycles. The van der Waals surface area contributed by atoms with Crippen molar-refractivity contribution in [3.8, 4) is 0 Å². The number of nitrogens with zero attached hydrogens (tertiary/aromatic N) is 6. The van der Waals surface area contributed by atoms with Gasteiger partial charge >= 0.3 is 0 Å². The van der Waals surface area contributed by atoms with Crippen LogP contribution in [0.5, 0.6) is 0 Å². The van der Waals surface area contributed by atoms with Crippen LogP contribution in [0.3, 0.4) is 0 Å². The van der Waals surface area contributed by atoms with E-state index in [1.54, 1.807) is 17.7 Å². The molecule has 2 unspecified atom stereocenters. The van der Waals surface area contributed by atoms with E-state index in [1.165, 1.54) is 11.1 Å². The average molecular weight is 518 g/mol. The molecule has 0 amide bonds. The van der Waals surface area contributed by atoms with Crippen LogP contribution in [0.15, 0.2) is 67.0 Å². The maximum atomic E-state index is 6.38. The van der Waals surface area contributed by atoms with Crippen LogP contribution in [0.1, 0.15) is 52.2 Å². The molecule has 0 radical (unpaired) electrons. The SMILES string of the molecule is Cc1nnc(C2CCC(n3cnc4c(NCC(c5ccccc5)c5ccccc5)nc(Cl)nc43)O2)s1. The third-order valence-electron chi connectivity index (χ3n) is 6.40. The standard InChI is InChI=1S/C26H24ClN7OS/c1-16-32-33-25(36-16)20-12-13-21(35-20)34-15-29-22-23(30-26(27)31-24(22)34)28-14-19(17-8-4-2-5-9-17)18-10-6-3-7-11-18/h2-11,15,19-21H,12-14H2,1H3,(H,28,30,31). The van der Waals surface area contributed by atoms with Crippen molar-refractivity contribution in [1.82, 2.24) is 29.7 Å². The molecule has 0 spiro atoms. The van der Waals surface area contributed by atoms with Crippen molar-refractivity contribution in [2.45, 2.75) is 38.0 Å². The number of halogens is 1. The van der Waals surface area contributed by atoms with Crippen molar-refractivity contribution in [3.05, 3.63) is 93.4 Å². The number of rotatable bonds is 7. The first-order valence-corrected chi connectivity index (χ1v) is 13.0. The Morgan fingerprint density at radius 2 is 1.75 bits per heavy atom. The van der Waals surface area contributed by atoms with Crippen LogP contribution in [0.2, 0.25) is 5.28 Å². The van der Waals surface area contributed by atoms with E-state index in [-0.39, 0.29) is 23.5 Å². The van der Waals surface area contributed by atoms with E-state index in [0.29, 0.717) is 23.5 Å². The fraction of sp³-hybridized carbons (Fsp3) is 0.269. The van der Waals surface area contributed by atoms with Crippen molar-refractivity contribution < 1.29 is 4.74 Å². The Labute approximate surface area is 217 Å². The van der Waals surface area contributed by atoms with Gasteiger partial charge in [-0.25, -0.2) is 4.98 Å². The smallest absolute Gasteiger partial charge is 0.226 e. The molecule has 1 aliphatic rings. The first kappa shape index (κ1) is 23.0. The molecule has 0 bridgehead atoms. The number of aryl methyl sites for hydroxylation is 1. The summed E-state index contributed by atoms with van der Waals surface area (Å²) in [7, 11) is 0. The number of aromatic nitrogens is 6. The fourth-order valence-electron chi connectivity index (χ4n) is 4.67. The van der Waals surface area contributed by atoms with Gasteiger partial charge in [-0.2, -0.15) is 9.97 Å². The molecular formula is C26H24ClN7OS. The van der Waals surface area contributed by atoms with Gasteiger partial charge in [-0.15, -0.1) is 10.2 Å². The van der Waals surface area contributed by atoms with Crippen LogP contribution in [0.4, 0.5) is 5.82 Å². The molecule has 6 rings (SSSR count). The number of anilines is 1. The summed E-state index contributed by atoms with van der Waals surface area (Å²) >= 11 is 7.94. The number of imidazole rings is 1. The van der Waals surface area contributed by atoms with Crippen molar-refractivity contribution in [3.63, 3.8) is 0 Å². The summed E-state index contributed by atoms with van der Waals surface area (Å²) in [5.41, 5.74) is 3.75. The normalized spacial score (nSPS) is 17.8. The Kier molecular flexibility index (Phi) is 6.35. The highest BCUT2D eigenvalue weighted by Crippen LogP contribution is 2.40. The molecule has 4 heterocycles. The molecule has 1 aliphatic heterocycles. The highest BCUT2D eigenvalue weighted by Gasteiger charge is 2.31. The summed E-state index contributed by atoms with van der Waals surface area (Å²) in [5, 5.41) is 13.9. The van der Waals surface area contributed by atoms with E-state index in [9.17, 15) is 0 Å². The summed E-state index contributed by atoms with van der Waals surface area (Å²) in [4.78, 5) is 13.6. The molecule has 8 nitrogen and oxygen atoms in total. The molecule has 36 heavy (non-hydrogen) atoms. The Morgan fingerprint density at radius 3 is 2.42 bits per heavy atom. The summed E-state index contributed by atoms with van der Waals surface area (Å²) in [6, 6.07) is 20.9. The van der Waals surface area contributed by atoms with Crippen molar-refractivity contribution >= 4 is 39.9 Å². The maximum Gasteiger partial charge on any atom is 0.226 e. The van der Waals surface area contributed by atoms with Gasteiger partial charge in [-0.05, 0) is 42.5 Å². The van der Waals surface area contributed by atoms with Gasteiger partial charge in [0.15, 0.2) is 17.0 Å². The molecule has 1 fully saturated rings. The minimum absolute atomic E-state index is 0.0777. The Balaban J connectivity index is 1.27. The molecule has 0 aliphatic carbocycles. The summed E-state index contributed by atoms with van der Waals surface area (Å²) in [6.07, 6.45) is 3.16. The minimum atomic E-state index is -0.204. The molecule has 182 valence electrons. The van der Waals surface area contributed by atoms with Crippen molar-refractivity contribution in [1.29, 1.82) is 0 Å². The van der Waals surface area contributed by atoms with Gasteiger partial charge < -0.3 is 10.1 Å². The molecule has 5 aromatic rings. The monoisotopic (exact) mass is 517 g/mol. The predicted octanol–water partition coefficient (Wildman–Crippen LogP) is 5.93. The number of benzene rings is 2. The van der Waals surface area contributed by atoms with Crippen molar-refractivity contribution in [2.75, 3.05) is 11.9 Å². The second-order valence-corrected chi connectivity index (χ2v) is 10.3. The van der Waals surface area contributed by atoms with E-state index < -0.39 is 0 Å². The summed E-state index contributed by atoms with van der Waals surface area (Å²) in [5.74, 6) is 0.738. The van der Waals surface area contributed by atoms with Gasteiger partial charge in [0.2, 0.25) is 5.28 Å². The molecule has 2 atom stereocenters. The van der Waals surface area contributed by atoms with Gasteiger partial charge in [0.25, 0.3) is 0 Å². The number of ether oxygens (including phenoxy) is 1. The lowest BCUT2D eigenvalue weighted by Gasteiger charge is -2.19. The van der Waals surface area contributed by atoms with E-state index in [2.05, 4.69) is 79.0 Å².